The second-order valence-corrected chi connectivity index (χ2v) is 4.96. The topological polar surface area (TPSA) is 76.4 Å². The van der Waals surface area contributed by atoms with E-state index in [1.54, 1.807) is 0 Å². The van der Waals surface area contributed by atoms with Gasteiger partial charge in [0, 0.05) is 11.0 Å². The first-order chi connectivity index (χ1) is 9.63. The molecule has 2 aromatic rings. The Morgan fingerprint density at radius 1 is 1.05 bits per heavy atom. The van der Waals surface area contributed by atoms with E-state index in [9.17, 15) is 4.79 Å². The fraction of sp³-hybridized carbons (Fsp3) is 0.0714. The van der Waals surface area contributed by atoms with Crippen molar-refractivity contribution in [1.29, 1.82) is 0 Å². The summed E-state index contributed by atoms with van der Waals surface area (Å²) in [5, 5.41) is 0. The van der Waals surface area contributed by atoms with Gasteiger partial charge in [0.25, 0.3) is 0 Å². The minimum Gasteiger partial charge on any atom is -0.457 e. The number of nitrogens with two attached hydrogens (primary N) is 1. The van der Waals surface area contributed by atoms with Gasteiger partial charge in [0.1, 0.15) is 11.5 Å². The summed E-state index contributed by atoms with van der Waals surface area (Å²) in [5.41, 5.74) is 11.0. The van der Waals surface area contributed by atoms with Crippen LogP contribution in [0.4, 0.5) is 4.79 Å². The van der Waals surface area contributed by atoms with Gasteiger partial charge in [-0.05, 0) is 42.0 Å². The summed E-state index contributed by atoms with van der Waals surface area (Å²) < 4.78 is 6.71. The quantitative estimate of drug-likeness (QED) is 0.735. The van der Waals surface area contributed by atoms with Gasteiger partial charge in [-0.25, -0.2) is 10.2 Å². The normalized spacial score (nSPS) is 10.1. The molecule has 2 rings (SSSR count). The molecule has 6 heteroatoms. The lowest BCUT2D eigenvalue weighted by molar-refractivity contribution is 0.244. The maximum absolute atomic E-state index is 10.5. The molecule has 5 nitrogen and oxygen atoms in total. The Bertz CT molecular complexity index is 570. The van der Waals surface area contributed by atoms with E-state index < -0.39 is 6.03 Å². The van der Waals surface area contributed by atoms with E-state index in [2.05, 4.69) is 26.8 Å². The van der Waals surface area contributed by atoms with Crippen LogP contribution < -0.4 is 21.3 Å². The van der Waals surface area contributed by atoms with Gasteiger partial charge in [0.2, 0.25) is 0 Å². The Hall–Kier alpha value is -2.05. The lowest BCUT2D eigenvalue weighted by Gasteiger charge is -2.08. The number of nitrogens with one attached hydrogen (secondary N) is 2. The number of hydrogen-bond donors (Lipinski definition) is 3. The summed E-state index contributed by atoms with van der Waals surface area (Å²) in [6.45, 7) is 0.488. The van der Waals surface area contributed by atoms with Crippen LogP contribution in [0.15, 0.2) is 53.0 Å². The Kier molecular flexibility index (Phi) is 4.97. The van der Waals surface area contributed by atoms with Crippen molar-refractivity contribution in [2.24, 2.45) is 5.73 Å². The first-order valence-corrected chi connectivity index (χ1v) is 6.73. The molecule has 4 N–H and O–H groups in total. The number of ether oxygens (including phenoxy) is 1. The van der Waals surface area contributed by atoms with Crippen LogP contribution in [0.25, 0.3) is 0 Å². The molecule has 0 aliphatic heterocycles. The molecule has 2 aromatic carbocycles. The molecule has 0 aromatic heterocycles. The number of urea groups is 1. The zero-order chi connectivity index (χ0) is 14.4. The van der Waals surface area contributed by atoms with Gasteiger partial charge < -0.3 is 10.5 Å². The van der Waals surface area contributed by atoms with Gasteiger partial charge >= 0.3 is 6.03 Å². The largest absolute Gasteiger partial charge is 0.457 e. The van der Waals surface area contributed by atoms with Crippen LogP contribution in [0.5, 0.6) is 11.5 Å². The molecular formula is C14H14BrN3O2. The van der Waals surface area contributed by atoms with Crippen LogP contribution in [0, 0.1) is 0 Å². The molecule has 20 heavy (non-hydrogen) atoms. The fourth-order valence-electron chi connectivity index (χ4n) is 1.55. The van der Waals surface area contributed by atoms with Crippen LogP contribution in [0.2, 0.25) is 0 Å². The predicted octanol–water partition coefficient (Wildman–Crippen LogP) is 2.91. The van der Waals surface area contributed by atoms with Gasteiger partial charge in [-0.3, -0.25) is 5.43 Å². The molecule has 0 spiro atoms. The van der Waals surface area contributed by atoms with Crippen molar-refractivity contribution in [1.82, 2.24) is 10.9 Å². The van der Waals surface area contributed by atoms with E-state index in [4.69, 9.17) is 10.5 Å². The minimum absolute atomic E-state index is 0.488. The molecule has 0 radical (unpaired) electrons. The van der Waals surface area contributed by atoms with Crippen LogP contribution in [-0.4, -0.2) is 6.03 Å². The Labute approximate surface area is 125 Å². The van der Waals surface area contributed by atoms with E-state index in [0.29, 0.717) is 6.54 Å². The van der Waals surface area contributed by atoms with E-state index in [1.165, 1.54) is 0 Å². The average Bonchev–Trinajstić information content (AvgIpc) is 2.43. The third-order valence-corrected chi connectivity index (χ3v) is 3.01. The number of benzene rings is 2. The molecule has 2 amide bonds. The van der Waals surface area contributed by atoms with Crippen LogP contribution in [0.3, 0.4) is 0 Å². The van der Waals surface area contributed by atoms with Crippen molar-refractivity contribution in [3.05, 3.63) is 58.6 Å². The number of carbonyl (C=O) groups excluding carboxylic acids is 1. The smallest absolute Gasteiger partial charge is 0.326 e. The highest BCUT2D eigenvalue weighted by Gasteiger charge is 1.99. The summed E-state index contributed by atoms with van der Waals surface area (Å²) in [6, 6.07) is 14.5. The SMILES string of the molecule is NC(=O)NNCc1ccc(Oc2ccc(Br)cc2)cc1. The molecule has 0 heterocycles. The number of hydrogen-bond acceptors (Lipinski definition) is 3. The number of halogens is 1. The van der Waals surface area contributed by atoms with Gasteiger partial charge in [0.15, 0.2) is 0 Å². The zero-order valence-corrected chi connectivity index (χ0v) is 12.2. The third-order valence-electron chi connectivity index (χ3n) is 2.48. The standard InChI is InChI=1S/C14H14BrN3O2/c15-11-3-7-13(8-4-11)20-12-5-1-10(2-6-12)9-17-18-14(16)19/h1-8,17H,9H2,(H3,16,18,19). The monoisotopic (exact) mass is 335 g/mol. The number of hydrazine groups is 1. The maximum atomic E-state index is 10.5. The summed E-state index contributed by atoms with van der Waals surface area (Å²) >= 11 is 3.37. The lowest BCUT2D eigenvalue weighted by atomic mass is 10.2. The van der Waals surface area contributed by atoms with Crippen molar-refractivity contribution in [3.63, 3.8) is 0 Å². The molecule has 0 aliphatic rings. The molecule has 0 bridgehead atoms. The highest BCUT2D eigenvalue weighted by Crippen LogP contribution is 2.23. The van der Waals surface area contributed by atoms with Crippen molar-refractivity contribution in [3.8, 4) is 11.5 Å². The number of rotatable bonds is 5. The van der Waals surface area contributed by atoms with Crippen molar-refractivity contribution in [2.75, 3.05) is 0 Å². The fourth-order valence-corrected chi connectivity index (χ4v) is 1.81. The highest BCUT2D eigenvalue weighted by molar-refractivity contribution is 9.10. The van der Waals surface area contributed by atoms with E-state index in [1.807, 2.05) is 48.5 Å². The molecular weight excluding hydrogens is 322 g/mol. The summed E-state index contributed by atoms with van der Waals surface area (Å²) in [4.78, 5) is 10.5. The molecule has 0 saturated heterocycles. The summed E-state index contributed by atoms with van der Waals surface area (Å²) in [6.07, 6.45) is 0. The van der Waals surface area contributed by atoms with Crippen LogP contribution >= 0.6 is 15.9 Å². The highest BCUT2D eigenvalue weighted by atomic mass is 79.9. The second kappa shape index (κ2) is 6.93. The molecule has 0 aliphatic carbocycles. The first kappa shape index (κ1) is 14.4. The Morgan fingerprint density at radius 2 is 1.60 bits per heavy atom. The van der Waals surface area contributed by atoms with Crippen molar-refractivity contribution in [2.45, 2.75) is 6.54 Å². The maximum Gasteiger partial charge on any atom is 0.326 e. The van der Waals surface area contributed by atoms with E-state index in [0.717, 1.165) is 21.5 Å². The van der Waals surface area contributed by atoms with Crippen molar-refractivity contribution < 1.29 is 9.53 Å². The number of primary amides is 1. The third kappa shape index (κ3) is 4.56. The number of carbonyl (C=O) groups is 1. The molecule has 0 unspecified atom stereocenters. The van der Waals surface area contributed by atoms with Gasteiger partial charge in [0.05, 0.1) is 0 Å². The van der Waals surface area contributed by atoms with Crippen LogP contribution in [-0.2, 0) is 6.54 Å². The van der Waals surface area contributed by atoms with Gasteiger partial charge in [-0.15, -0.1) is 0 Å². The second-order valence-electron chi connectivity index (χ2n) is 4.04. The summed E-state index contributed by atoms with van der Waals surface area (Å²) in [7, 11) is 0. The zero-order valence-electron chi connectivity index (χ0n) is 10.6. The van der Waals surface area contributed by atoms with Crippen LogP contribution in [0.1, 0.15) is 5.56 Å². The molecule has 104 valence electrons. The Morgan fingerprint density at radius 3 is 2.15 bits per heavy atom. The van der Waals surface area contributed by atoms with E-state index >= 15 is 0 Å². The predicted molar refractivity (Wildman–Crippen MR) is 80.2 cm³/mol. The van der Waals surface area contributed by atoms with Crippen molar-refractivity contribution >= 4 is 22.0 Å². The van der Waals surface area contributed by atoms with Gasteiger partial charge in [-0.1, -0.05) is 28.1 Å². The summed E-state index contributed by atoms with van der Waals surface area (Å²) in [5.74, 6) is 1.52. The molecule has 0 saturated carbocycles. The number of amides is 2. The van der Waals surface area contributed by atoms with Gasteiger partial charge in [-0.2, -0.15) is 0 Å². The minimum atomic E-state index is -0.611. The molecule has 0 fully saturated rings. The lowest BCUT2D eigenvalue weighted by Crippen LogP contribution is -2.40. The average molecular weight is 336 g/mol. The molecule has 0 atom stereocenters. The van der Waals surface area contributed by atoms with E-state index in [-0.39, 0.29) is 0 Å². The first-order valence-electron chi connectivity index (χ1n) is 5.94. The Balaban J connectivity index is 1.91.